The number of hydrogen-bond donors (Lipinski definition) is 1. The number of hydrazone groups is 1. The van der Waals surface area contributed by atoms with E-state index in [4.69, 9.17) is 22.1 Å². The lowest BCUT2D eigenvalue weighted by Crippen LogP contribution is -1.96. The summed E-state index contributed by atoms with van der Waals surface area (Å²) in [6.45, 7) is 0. The van der Waals surface area contributed by atoms with Crippen molar-refractivity contribution in [2.45, 2.75) is 0 Å². The zero-order valence-electron chi connectivity index (χ0n) is 7.33. The molecule has 74 valence electrons. The molecule has 6 heteroatoms. The Balaban J connectivity index is 2.84. The monoisotopic (exact) mass is 222 g/mol. The van der Waals surface area contributed by atoms with Crippen molar-refractivity contribution >= 4 is 23.0 Å². The molecule has 4 nitrogen and oxygen atoms in total. The van der Waals surface area contributed by atoms with Crippen LogP contribution in [0.5, 0.6) is 0 Å². The summed E-state index contributed by atoms with van der Waals surface area (Å²) in [5.41, 5.74) is 2.32. The summed E-state index contributed by atoms with van der Waals surface area (Å²) in [5.74, 6) is -0.604. The molecule has 0 aliphatic heterocycles. The number of benzene rings is 1. The van der Waals surface area contributed by atoms with Gasteiger partial charge in [0.05, 0.1) is 10.7 Å². The van der Waals surface area contributed by atoms with Crippen molar-refractivity contribution in [3.05, 3.63) is 29.0 Å². The maximum atomic E-state index is 12.9. The Morgan fingerprint density at radius 1 is 1.40 bits per heavy atom. The maximum Gasteiger partial charge on any atom is 0.237 e. The Bertz CT molecular complexity index is 468. The number of anilines is 1. The van der Waals surface area contributed by atoms with Gasteiger partial charge in [0.2, 0.25) is 5.71 Å². The van der Waals surface area contributed by atoms with E-state index in [1.165, 1.54) is 12.1 Å². The standard InChI is InChI=1S/C9H4ClFN4/c10-8-2-1-6(3-9(8)11)14-15-7(4-12)5-13/h1-3,14H. The van der Waals surface area contributed by atoms with Gasteiger partial charge in [-0.2, -0.15) is 15.6 Å². The molecular weight excluding hydrogens is 219 g/mol. The minimum atomic E-state index is -0.604. The first-order valence-corrected chi connectivity index (χ1v) is 4.14. The molecule has 0 aliphatic carbocycles. The highest BCUT2D eigenvalue weighted by atomic mass is 35.5. The van der Waals surface area contributed by atoms with Crippen LogP contribution in [0, 0.1) is 28.5 Å². The summed E-state index contributed by atoms with van der Waals surface area (Å²) in [5, 5.41) is 20.2. The predicted molar refractivity (Wildman–Crippen MR) is 53.7 cm³/mol. The molecule has 1 aromatic rings. The van der Waals surface area contributed by atoms with Crippen molar-refractivity contribution in [3.63, 3.8) is 0 Å². The topological polar surface area (TPSA) is 72.0 Å². The smallest absolute Gasteiger partial charge is 0.237 e. The molecule has 0 bridgehead atoms. The van der Waals surface area contributed by atoms with Crippen LogP contribution in [0.2, 0.25) is 5.02 Å². The summed E-state index contributed by atoms with van der Waals surface area (Å²) in [6, 6.07) is 7.03. The Morgan fingerprint density at radius 2 is 2.07 bits per heavy atom. The summed E-state index contributed by atoms with van der Waals surface area (Å²) in [6.07, 6.45) is 0. The minimum absolute atomic E-state index is 0.00896. The fraction of sp³-hybridized carbons (Fsp3) is 0. The third kappa shape index (κ3) is 2.94. The van der Waals surface area contributed by atoms with Gasteiger partial charge in [-0.3, -0.25) is 5.43 Å². The number of rotatable bonds is 2. The van der Waals surface area contributed by atoms with Gasteiger partial charge < -0.3 is 0 Å². The second-order valence-corrected chi connectivity index (χ2v) is 2.83. The Hall–Kier alpha value is -2.11. The van der Waals surface area contributed by atoms with Crippen LogP contribution in [-0.4, -0.2) is 5.71 Å². The Labute approximate surface area is 90.2 Å². The molecule has 1 rings (SSSR count). The van der Waals surface area contributed by atoms with E-state index < -0.39 is 5.82 Å². The Kier molecular flexibility index (Phi) is 3.61. The largest absolute Gasteiger partial charge is 0.276 e. The van der Waals surface area contributed by atoms with E-state index in [0.29, 0.717) is 5.69 Å². The average Bonchev–Trinajstić information content (AvgIpc) is 2.24. The van der Waals surface area contributed by atoms with Crippen LogP contribution in [0.25, 0.3) is 0 Å². The average molecular weight is 223 g/mol. The van der Waals surface area contributed by atoms with Crippen LogP contribution < -0.4 is 5.43 Å². The highest BCUT2D eigenvalue weighted by Crippen LogP contribution is 2.18. The van der Waals surface area contributed by atoms with Gasteiger partial charge in [0.15, 0.2) is 0 Å². The van der Waals surface area contributed by atoms with E-state index in [-0.39, 0.29) is 10.7 Å². The molecule has 0 spiro atoms. The van der Waals surface area contributed by atoms with E-state index in [9.17, 15) is 4.39 Å². The molecule has 15 heavy (non-hydrogen) atoms. The summed E-state index contributed by atoms with van der Waals surface area (Å²) in [4.78, 5) is 0. The number of hydrogen-bond acceptors (Lipinski definition) is 4. The molecule has 0 heterocycles. The number of nitrogens with zero attached hydrogens (tertiary/aromatic N) is 3. The van der Waals surface area contributed by atoms with E-state index >= 15 is 0 Å². The molecule has 0 radical (unpaired) electrons. The second kappa shape index (κ2) is 4.94. The molecule has 0 atom stereocenters. The summed E-state index contributed by atoms with van der Waals surface area (Å²) in [7, 11) is 0. The molecule has 0 aliphatic rings. The normalized spacial score (nSPS) is 8.53. The lowest BCUT2D eigenvalue weighted by molar-refractivity contribution is 0.628. The first-order chi connectivity index (χ1) is 7.17. The van der Waals surface area contributed by atoms with E-state index in [1.807, 2.05) is 0 Å². The van der Waals surface area contributed by atoms with Crippen LogP contribution in [0.1, 0.15) is 0 Å². The van der Waals surface area contributed by atoms with Gasteiger partial charge in [-0.15, -0.1) is 0 Å². The molecule has 0 amide bonds. The van der Waals surface area contributed by atoms with Gasteiger partial charge in [-0.05, 0) is 12.1 Å². The van der Waals surface area contributed by atoms with Crippen LogP contribution in [0.15, 0.2) is 23.3 Å². The Morgan fingerprint density at radius 3 is 2.60 bits per heavy atom. The number of halogens is 2. The van der Waals surface area contributed by atoms with E-state index in [1.54, 1.807) is 12.1 Å². The van der Waals surface area contributed by atoms with Crippen LogP contribution in [-0.2, 0) is 0 Å². The molecule has 1 N–H and O–H groups in total. The maximum absolute atomic E-state index is 12.9. The van der Waals surface area contributed by atoms with E-state index in [2.05, 4.69) is 10.5 Å². The highest BCUT2D eigenvalue weighted by Gasteiger charge is 2.00. The minimum Gasteiger partial charge on any atom is -0.276 e. The second-order valence-electron chi connectivity index (χ2n) is 2.42. The fourth-order valence-corrected chi connectivity index (χ4v) is 0.879. The molecule has 0 unspecified atom stereocenters. The third-order valence-electron chi connectivity index (χ3n) is 1.43. The molecular formula is C9H4ClFN4. The lowest BCUT2D eigenvalue weighted by Gasteiger charge is -2.00. The molecule has 0 fully saturated rings. The van der Waals surface area contributed by atoms with Crippen LogP contribution >= 0.6 is 11.6 Å². The first-order valence-electron chi connectivity index (χ1n) is 3.76. The third-order valence-corrected chi connectivity index (χ3v) is 1.73. The quantitative estimate of drug-likeness (QED) is 0.616. The zero-order valence-corrected chi connectivity index (χ0v) is 8.09. The fourth-order valence-electron chi connectivity index (χ4n) is 0.761. The van der Waals surface area contributed by atoms with Crippen molar-refractivity contribution in [1.29, 1.82) is 10.5 Å². The number of nitriles is 2. The zero-order chi connectivity index (χ0) is 11.3. The number of nitrogens with one attached hydrogen (secondary N) is 1. The van der Waals surface area contributed by atoms with Gasteiger partial charge in [0.25, 0.3) is 0 Å². The van der Waals surface area contributed by atoms with Crippen molar-refractivity contribution in [3.8, 4) is 12.1 Å². The summed E-state index contributed by atoms with van der Waals surface area (Å²) >= 11 is 5.45. The SMILES string of the molecule is N#CC(C#N)=NNc1ccc(Cl)c(F)c1. The van der Waals surface area contributed by atoms with Crippen molar-refractivity contribution < 1.29 is 4.39 Å². The van der Waals surface area contributed by atoms with Gasteiger partial charge in [0, 0.05) is 6.07 Å². The van der Waals surface area contributed by atoms with Gasteiger partial charge in [-0.1, -0.05) is 11.6 Å². The molecule has 1 aromatic carbocycles. The molecule has 0 saturated carbocycles. The predicted octanol–water partition coefficient (Wildman–Crippen LogP) is 2.29. The summed E-state index contributed by atoms with van der Waals surface area (Å²) < 4.78 is 12.9. The van der Waals surface area contributed by atoms with Crippen molar-refractivity contribution in [2.75, 3.05) is 5.43 Å². The van der Waals surface area contributed by atoms with Crippen molar-refractivity contribution in [1.82, 2.24) is 0 Å². The van der Waals surface area contributed by atoms with Gasteiger partial charge >= 0.3 is 0 Å². The van der Waals surface area contributed by atoms with Crippen LogP contribution in [0.4, 0.5) is 10.1 Å². The van der Waals surface area contributed by atoms with Gasteiger partial charge in [0.1, 0.15) is 18.0 Å². The molecule has 0 saturated heterocycles. The van der Waals surface area contributed by atoms with Gasteiger partial charge in [-0.25, -0.2) is 4.39 Å². The lowest BCUT2D eigenvalue weighted by atomic mass is 10.3. The van der Waals surface area contributed by atoms with Crippen molar-refractivity contribution in [2.24, 2.45) is 5.10 Å². The van der Waals surface area contributed by atoms with E-state index in [0.717, 1.165) is 6.07 Å². The highest BCUT2D eigenvalue weighted by molar-refractivity contribution is 6.30. The molecule has 0 aromatic heterocycles. The first kappa shape index (κ1) is 11.0. The van der Waals surface area contributed by atoms with Crippen LogP contribution in [0.3, 0.4) is 0 Å².